The van der Waals surface area contributed by atoms with Gasteiger partial charge in [-0.15, -0.1) is 0 Å². The Morgan fingerprint density at radius 1 is 1.34 bits per heavy atom. The van der Waals surface area contributed by atoms with Gasteiger partial charge in [-0.2, -0.15) is 0 Å². The SMILES string of the molecule is Cn1cnc(NC(=O)c2nc(-c3c(F)cccc3F)sc2N)c1C1C[C@@H](N)[C@H](F)CCO1. The molecule has 3 atom stereocenters. The summed E-state index contributed by atoms with van der Waals surface area (Å²) in [6.07, 6.45) is 0.103. The highest BCUT2D eigenvalue weighted by Crippen LogP contribution is 2.35. The fraction of sp³-hybridized carbons (Fsp3) is 0.350. The second kappa shape index (κ2) is 8.88. The predicted molar refractivity (Wildman–Crippen MR) is 114 cm³/mol. The molecule has 0 bridgehead atoms. The number of nitrogen functional groups attached to an aromatic ring is 1. The van der Waals surface area contributed by atoms with Crippen molar-refractivity contribution in [3.8, 4) is 10.6 Å². The Balaban J connectivity index is 1.60. The van der Waals surface area contributed by atoms with Gasteiger partial charge in [-0.05, 0) is 18.6 Å². The number of ether oxygens (including phenoxy) is 1. The molecule has 5 N–H and O–H groups in total. The van der Waals surface area contributed by atoms with Gasteiger partial charge in [0.1, 0.15) is 33.9 Å². The summed E-state index contributed by atoms with van der Waals surface area (Å²) in [5.41, 5.74) is 11.8. The molecule has 8 nitrogen and oxygen atoms in total. The molecular weight excluding hydrogens is 445 g/mol. The van der Waals surface area contributed by atoms with Gasteiger partial charge >= 0.3 is 0 Å². The lowest BCUT2D eigenvalue weighted by Crippen LogP contribution is -2.32. The van der Waals surface area contributed by atoms with Crippen molar-refractivity contribution < 1.29 is 22.7 Å². The molecule has 0 aliphatic carbocycles. The van der Waals surface area contributed by atoms with E-state index in [-0.39, 0.29) is 46.5 Å². The summed E-state index contributed by atoms with van der Waals surface area (Å²) >= 11 is 0.793. The van der Waals surface area contributed by atoms with Gasteiger partial charge in [-0.1, -0.05) is 17.4 Å². The van der Waals surface area contributed by atoms with Crippen LogP contribution in [-0.4, -0.2) is 39.3 Å². The van der Waals surface area contributed by atoms with E-state index in [2.05, 4.69) is 15.3 Å². The summed E-state index contributed by atoms with van der Waals surface area (Å²) in [6, 6.07) is 2.70. The number of imidazole rings is 1. The van der Waals surface area contributed by atoms with E-state index in [1.165, 1.54) is 12.4 Å². The molecule has 1 aliphatic rings. The van der Waals surface area contributed by atoms with Crippen LogP contribution in [0.1, 0.15) is 35.1 Å². The number of hydrogen-bond acceptors (Lipinski definition) is 7. The first-order valence-electron chi connectivity index (χ1n) is 9.80. The number of amides is 1. The number of nitrogens with zero attached hydrogens (tertiary/aromatic N) is 3. The third kappa shape index (κ3) is 4.20. The van der Waals surface area contributed by atoms with Crippen molar-refractivity contribution in [2.75, 3.05) is 17.7 Å². The maximum Gasteiger partial charge on any atom is 0.278 e. The Bertz CT molecular complexity index is 1130. The number of thiazole rings is 1. The minimum atomic E-state index is -1.18. The molecule has 32 heavy (non-hydrogen) atoms. The third-order valence-corrected chi connectivity index (χ3v) is 6.13. The molecule has 12 heteroatoms. The highest BCUT2D eigenvalue weighted by atomic mass is 32.1. The molecule has 3 aromatic rings. The highest BCUT2D eigenvalue weighted by molar-refractivity contribution is 7.19. The zero-order chi connectivity index (χ0) is 23.0. The maximum absolute atomic E-state index is 14.1. The first-order valence-corrected chi connectivity index (χ1v) is 10.6. The molecule has 1 unspecified atom stereocenters. The predicted octanol–water partition coefficient (Wildman–Crippen LogP) is 3.17. The molecule has 0 radical (unpaired) electrons. The summed E-state index contributed by atoms with van der Waals surface area (Å²) in [4.78, 5) is 21.1. The molecular formula is C20H21F3N6O2S. The Kier molecular flexibility index (Phi) is 6.17. The van der Waals surface area contributed by atoms with Gasteiger partial charge in [0.05, 0.1) is 24.2 Å². The fourth-order valence-corrected chi connectivity index (χ4v) is 4.45. The summed E-state index contributed by atoms with van der Waals surface area (Å²) < 4.78 is 49.6. The number of halogens is 3. The van der Waals surface area contributed by atoms with Crippen LogP contribution in [0.2, 0.25) is 0 Å². The summed E-state index contributed by atoms with van der Waals surface area (Å²) in [5, 5.41) is 2.55. The number of carbonyl (C=O) groups is 1. The van der Waals surface area contributed by atoms with E-state index in [0.29, 0.717) is 5.69 Å². The fourth-order valence-electron chi connectivity index (χ4n) is 3.58. The smallest absolute Gasteiger partial charge is 0.278 e. The van der Waals surface area contributed by atoms with Crippen molar-refractivity contribution in [3.63, 3.8) is 0 Å². The van der Waals surface area contributed by atoms with Crippen molar-refractivity contribution in [1.82, 2.24) is 14.5 Å². The largest absolute Gasteiger partial charge is 0.389 e. The topological polar surface area (TPSA) is 121 Å². The van der Waals surface area contributed by atoms with Gasteiger partial charge in [-0.3, -0.25) is 4.79 Å². The number of benzene rings is 1. The zero-order valence-corrected chi connectivity index (χ0v) is 17.8. The van der Waals surface area contributed by atoms with Crippen molar-refractivity contribution in [3.05, 3.63) is 47.5 Å². The van der Waals surface area contributed by atoms with Crippen LogP contribution < -0.4 is 16.8 Å². The highest BCUT2D eigenvalue weighted by Gasteiger charge is 2.31. The second-order valence-corrected chi connectivity index (χ2v) is 8.47. The van der Waals surface area contributed by atoms with Crippen LogP contribution in [0.4, 0.5) is 24.0 Å². The molecule has 3 heterocycles. The van der Waals surface area contributed by atoms with Crippen LogP contribution in [0, 0.1) is 11.6 Å². The van der Waals surface area contributed by atoms with Crippen LogP contribution >= 0.6 is 11.3 Å². The first kappa shape index (κ1) is 22.2. The van der Waals surface area contributed by atoms with Gasteiger partial charge in [0.15, 0.2) is 11.5 Å². The molecule has 170 valence electrons. The van der Waals surface area contributed by atoms with Crippen LogP contribution in [0.25, 0.3) is 10.6 Å². The van der Waals surface area contributed by atoms with Gasteiger partial charge < -0.3 is 26.1 Å². The van der Waals surface area contributed by atoms with Crippen LogP contribution in [0.15, 0.2) is 24.5 Å². The normalized spacial score (nSPS) is 21.3. The van der Waals surface area contributed by atoms with Gasteiger partial charge in [0, 0.05) is 19.5 Å². The lowest BCUT2D eigenvalue weighted by atomic mass is 10.0. The molecule has 1 aliphatic heterocycles. The minimum absolute atomic E-state index is 0.00866. The van der Waals surface area contributed by atoms with E-state index in [4.69, 9.17) is 16.2 Å². The molecule has 1 aromatic carbocycles. The summed E-state index contributed by atoms with van der Waals surface area (Å²) in [7, 11) is 1.71. The lowest BCUT2D eigenvalue weighted by molar-refractivity contribution is 0.0516. The molecule has 4 rings (SSSR count). The number of rotatable bonds is 4. The number of alkyl halides is 1. The van der Waals surface area contributed by atoms with Gasteiger partial charge in [0.2, 0.25) is 0 Å². The monoisotopic (exact) mass is 466 g/mol. The number of nitrogens with two attached hydrogens (primary N) is 2. The molecule has 0 spiro atoms. The molecule has 0 saturated carbocycles. The Hall–Kier alpha value is -2.96. The van der Waals surface area contributed by atoms with Crippen molar-refractivity contribution >= 4 is 28.1 Å². The van der Waals surface area contributed by atoms with E-state index in [0.717, 1.165) is 23.5 Å². The van der Waals surface area contributed by atoms with Crippen LogP contribution in [-0.2, 0) is 11.8 Å². The van der Waals surface area contributed by atoms with Crippen molar-refractivity contribution in [2.45, 2.75) is 31.2 Å². The second-order valence-electron chi connectivity index (χ2n) is 7.44. The maximum atomic E-state index is 14.1. The standard InChI is InChI=1S/C20H21F3N6O2S/c1-29-8-26-18(16(29)13-7-12(24)9(21)5-6-31-13)28-19(30)15-17(25)32-20(27-15)14-10(22)3-2-4-11(14)23/h2-4,8-9,12-13H,5-7,24-25H2,1H3,(H,28,30)/t9-,12-,13?/m1/s1. The lowest BCUT2D eigenvalue weighted by Gasteiger charge is -2.20. The van der Waals surface area contributed by atoms with E-state index in [9.17, 15) is 18.0 Å². The first-order chi connectivity index (χ1) is 15.3. The average molecular weight is 466 g/mol. The third-order valence-electron chi connectivity index (χ3n) is 5.23. The number of carbonyl (C=O) groups excluding carboxylic acids is 1. The van der Waals surface area contributed by atoms with E-state index in [1.54, 1.807) is 11.6 Å². The van der Waals surface area contributed by atoms with Crippen LogP contribution in [0.5, 0.6) is 0 Å². The number of aromatic nitrogens is 3. The number of aryl methyl sites for hydroxylation is 1. The van der Waals surface area contributed by atoms with Crippen molar-refractivity contribution in [2.24, 2.45) is 12.8 Å². The number of hydrogen-bond donors (Lipinski definition) is 3. The number of nitrogens with one attached hydrogen (secondary N) is 1. The number of anilines is 2. The van der Waals surface area contributed by atoms with Crippen LogP contribution in [0.3, 0.4) is 0 Å². The van der Waals surface area contributed by atoms with Gasteiger partial charge in [-0.25, -0.2) is 23.1 Å². The average Bonchev–Trinajstić information content (AvgIpc) is 3.24. The zero-order valence-electron chi connectivity index (χ0n) is 17.0. The summed E-state index contributed by atoms with van der Waals surface area (Å²) in [5.74, 6) is -2.16. The summed E-state index contributed by atoms with van der Waals surface area (Å²) in [6.45, 7) is 0.175. The quantitative estimate of drug-likeness (QED) is 0.543. The van der Waals surface area contributed by atoms with E-state index >= 15 is 0 Å². The Labute approximate surface area is 185 Å². The minimum Gasteiger partial charge on any atom is -0.389 e. The van der Waals surface area contributed by atoms with E-state index in [1.807, 2.05) is 0 Å². The molecule has 1 saturated heterocycles. The van der Waals surface area contributed by atoms with Gasteiger partial charge in [0.25, 0.3) is 5.91 Å². The van der Waals surface area contributed by atoms with E-state index < -0.39 is 35.9 Å². The molecule has 1 amide bonds. The van der Waals surface area contributed by atoms with Crippen molar-refractivity contribution in [1.29, 1.82) is 0 Å². The molecule has 2 aromatic heterocycles. The Morgan fingerprint density at radius 2 is 2.06 bits per heavy atom. The molecule has 1 fully saturated rings. The Morgan fingerprint density at radius 3 is 2.78 bits per heavy atom.